The van der Waals surface area contributed by atoms with Gasteiger partial charge in [-0.3, -0.25) is 4.79 Å². The first-order valence-electron chi connectivity index (χ1n) is 7.53. The molecule has 134 valence electrons. The Morgan fingerprint density at radius 3 is 2.44 bits per heavy atom. The number of aromatic nitrogens is 2. The number of piperidine rings is 1. The SMILES string of the molecule is CS(=O)(=O)c1nnc(C2CCN(C(=O)c3ccc(Cl)c(Cl)c3)CC2)o1. The first-order chi connectivity index (χ1) is 11.8. The normalized spacial score (nSPS) is 16.2. The number of sulfone groups is 1. The Kier molecular flexibility index (Phi) is 5.04. The van der Waals surface area contributed by atoms with E-state index >= 15 is 0 Å². The molecule has 7 nitrogen and oxygen atoms in total. The number of likely N-dealkylation sites (tertiary alicyclic amines) is 1. The van der Waals surface area contributed by atoms with Crippen molar-refractivity contribution in [2.45, 2.75) is 24.0 Å². The second-order valence-corrected chi connectivity index (χ2v) is 8.58. The van der Waals surface area contributed by atoms with Crippen LogP contribution in [-0.2, 0) is 9.84 Å². The minimum Gasteiger partial charge on any atom is -0.412 e. The van der Waals surface area contributed by atoms with Crippen LogP contribution in [0.1, 0.15) is 35.0 Å². The van der Waals surface area contributed by atoms with Crippen LogP contribution in [0.3, 0.4) is 0 Å². The molecule has 1 saturated heterocycles. The minimum absolute atomic E-state index is 0.0687. The minimum atomic E-state index is -3.52. The van der Waals surface area contributed by atoms with E-state index in [1.807, 2.05) is 0 Å². The molecular formula is C15H15Cl2N3O4S. The highest BCUT2D eigenvalue weighted by Crippen LogP contribution is 2.29. The van der Waals surface area contributed by atoms with Crippen molar-refractivity contribution < 1.29 is 17.6 Å². The molecule has 0 spiro atoms. The Balaban J connectivity index is 1.66. The summed E-state index contributed by atoms with van der Waals surface area (Å²) in [5.74, 6) is 0.0993. The van der Waals surface area contributed by atoms with Crippen LogP contribution in [-0.4, -0.2) is 48.8 Å². The lowest BCUT2D eigenvalue weighted by molar-refractivity contribution is 0.0705. The largest absolute Gasteiger partial charge is 0.412 e. The number of carbonyl (C=O) groups excluding carboxylic acids is 1. The van der Waals surface area contributed by atoms with Gasteiger partial charge in [0.1, 0.15) is 0 Å². The van der Waals surface area contributed by atoms with E-state index in [9.17, 15) is 13.2 Å². The van der Waals surface area contributed by atoms with Crippen LogP contribution >= 0.6 is 23.2 Å². The summed E-state index contributed by atoms with van der Waals surface area (Å²) in [7, 11) is -3.52. The molecule has 3 rings (SSSR count). The Hall–Kier alpha value is -1.64. The van der Waals surface area contributed by atoms with E-state index in [0.29, 0.717) is 47.4 Å². The van der Waals surface area contributed by atoms with Crippen molar-refractivity contribution in [3.63, 3.8) is 0 Å². The maximum Gasteiger partial charge on any atom is 0.335 e. The summed E-state index contributed by atoms with van der Waals surface area (Å²) in [4.78, 5) is 14.2. The first-order valence-corrected chi connectivity index (χ1v) is 10.2. The summed E-state index contributed by atoms with van der Waals surface area (Å²) in [6, 6.07) is 4.78. The molecule has 0 N–H and O–H groups in total. The molecule has 0 saturated carbocycles. The van der Waals surface area contributed by atoms with Gasteiger partial charge in [0, 0.05) is 30.8 Å². The van der Waals surface area contributed by atoms with Crippen LogP contribution in [0.2, 0.25) is 10.0 Å². The van der Waals surface area contributed by atoms with Gasteiger partial charge in [0.2, 0.25) is 15.7 Å². The molecule has 0 radical (unpaired) electrons. The summed E-state index contributed by atoms with van der Waals surface area (Å²) in [5.41, 5.74) is 0.477. The second-order valence-electron chi connectivity index (χ2n) is 5.87. The summed E-state index contributed by atoms with van der Waals surface area (Å²) in [5, 5.41) is 7.75. The lowest BCUT2D eigenvalue weighted by Crippen LogP contribution is -2.38. The van der Waals surface area contributed by atoms with Crippen LogP contribution in [0.4, 0.5) is 0 Å². The number of halogens is 2. The molecule has 2 heterocycles. The number of hydrogen-bond acceptors (Lipinski definition) is 6. The predicted octanol–water partition coefficient (Wildman–Crippen LogP) is 2.80. The molecule has 25 heavy (non-hydrogen) atoms. The van der Waals surface area contributed by atoms with Crippen molar-refractivity contribution in [1.82, 2.24) is 15.1 Å². The van der Waals surface area contributed by atoms with Gasteiger partial charge in [0.15, 0.2) is 0 Å². The highest BCUT2D eigenvalue weighted by atomic mass is 35.5. The van der Waals surface area contributed by atoms with E-state index in [-0.39, 0.29) is 17.0 Å². The number of hydrogen-bond donors (Lipinski definition) is 0. The molecule has 0 atom stereocenters. The fourth-order valence-electron chi connectivity index (χ4n) is 2.68. The fraction of sp³-hybridized carbons (Fsp3) is 0.400. The van der Waals surface area contributed by atoms with Gasteiger partial charge in [0.05, 0.1) is 10.0 Å². The fourth-order valence-corrected chi connectivity index (χ4v) is 3.40. The molecule has 1 aromatic heterocycles. The Bertz CT molecular complexity index is 905. The van der Waals surface area contributed by atoms with Crippen molar-refractivity contribution in [2.24, 2.45) is 0 Å². The van der Waals surface area contributed by atoms with Crippen LogP contribution in [0, 0.1) is 0 Å². The van der Waals surface area contributed by atoms with Gasteiger partial charge in [-0.1, -0.05) is 28.3 Å². The summed E-state index contributed by atoms with van der Waals surface area (Å²) >= 11 is 11.8. The van der Waals surface area contributed by atoms with E-state index < -0.39 is 9.84 Å². The van der Waals surface area contributed by atoms with E-state index in [2.05, 4.69) is 10.2 Å². The van der Waals surface area contributed by atoms with Crippen molar-refractivity contribution in [3.8, 4) is 0 Å². The topological polar surface area (TPSA) is 93.4 Å². The van der Waals surface area contributed by atoms with Gasteiger partial charge in [-0.25, -0.2) is 8.42 Å². The predicted molar refractivity (Wildman–Crippen MR) is 91.7 cm³/mol. The van der Waals surface area contributed by atoms with E-state index in [1.54, 1.807) is 23.1 Å². The number of benzene rings is 1. The first kappa shape index (κ1) is 18.2. The third kappa shape index (κ3) is 3.96. The van der Waals surface area contributed by atoms with Gasteiger partial charge in [-0.05, 0) is 31.0 Å². The van der Waals surface area contributed by atoms with E-state index in [4.69, 9.17) is 27.6 Å². The summed E-state index contributed by atoms with van der Waals surface area (Å²) in [6.45, 7) is 1.00. The third-order valence-electron chi connectivity index (χ3n) is 4.04. The standard InChI is InChI=1S/C15H15Cl2N3O4S/c1-25(22,23)15-19-18-13(24-15)9-4-6-20(7-5-9)14(21)10-2-3-11(16)12(17)8-10/h2-3,8-9H,4-7H2,1H3. The molecule has 1 aliphatic heterocycles. The zero-order valence-corrected chi connectivity index (χ0v) is 15.6. The molecule has 1 fully saturated rings. The maximum atomic E-state index is 12.5. The molecule has 1 amide bonds. The Morgan fingerprint density at radius 1 is 1.20 bits per heavy atom. The molecule has 2 aromatic rings. The van der Waals surface area contributed by atoms with Crippen LogP contribution in [0.15, 0.2) is 27.8 Å². The molecule has 0 unspecified atom stereocenters. The number of nitrogens with zero attached hydrogens (tertiary/aromatic N) is 3. The Labute approximate surface area is 154 Å². The van der Waals surface area contributed by atoms with Gasteiger partial charge in [-0.15, -0.1) is 5.10 Å². The van der Waals surface area contributed by atoms with Gasteiger partial charge >= 0.3 is 5.22 Å². The van der Waals surface area contributed by atoms with E-state index in [1.165, 1.54) is 0 Å². The highest BCUT2D eigenvalue weighted by Gasteiger charge is 2.29. The third-order valence-corrected chi connectivity index (χ3v) is 5.58. The zero-order chi connectivity index (χ0) is 18.2. The lowest BCUT2D eigenvalue weighted by Gasteiger charge is -2.30. The average molecular weight is 404 g/mol. The summed E-state index contributed by atoms with van der Waals surface area (Å²) < 4.78 is 28.1. The Morgan fingerprint density at radius 2 is 1.88 bits per heavy atom. The summed E-state index contributed by atoms with van der Waals surface area (Å²) in [6.07, 6.45) is 2.24. The number of carbonyl (C=O) groups is 1. The average Bonchev–Trinajstić information content (AvgIpc) is 3.07. The maximum absolute atomic E-state index is 12.5. The molecule has 10 heteroatoms. The molecule has 0 aliphatic carbocycles. The quantitative estimate of drug-likeness (QED) is 0.781. The molecule has 0 bridgehead atoms. The molecule has 1 aliphatic rings. The van der Waals surface area contributed by atoms with Crippen molar-refractivity contribution in [1.29, 1.82) is 0 Å². The second kappa shape index (κ2) is 6.93. The number of rotatable bonds is 3. The van der Waals surface area contributed by atoms with Gasteiger partial charge < -0.3 is 9.32 Å². The molecule has 1 aromatic carbocycles. The van der Waals surface area contributed by atoms with E-state index in [0.717, 1.165) is 6.26 Å². The van der Waals surface area contributed by atoms with Gasteiger partial charge in [-0.2, -0.15) is 0 Å². The van der Waals surface area contributed by atoms with Crippen molar-refractivity contribution in [2.75, 3.05) is 19.3 Å². The number of amides is 1. The van der Waals surface area contributed by atoms with Crippen LogP contribution < -0.4 is 0 Å². The smallest absolute Gasteiger partial charge is 0.335 e. The van der Waals surface area contributed by atoms with Crippen LogP contribution in [0.5, 0.6) is 0 Å². The van der Waals surface area contributed by atoms with Crippen molar-refractivity contribution >= 4 is 38.9 Å². The highest BCUT2D eigenvalue weighted by molar-refractivity contribution is 7.90. The lowest BCUT2D eigenvalue weighted by atomic mass is 9.96. The van der Waals surface area contributed by atoms with Crippen LogP contribution in [0.25, 0.3) is 0 Å². The molecular weight excluding hydrogens is 389 g/mol. The van der Waals surface area contributed by atoms with Crippen molar-refractivity contribution in [3.05, 3.63) is 39.7 Å². The zero-order valence-electron chi connectivity index (χ0n) is 13.3. The van der Waals surface area contributed by atoms with Gasteiger partial charge in [0.25, 0.3) is 5.91 Å². The monoisotopic (exact) mass is 403 g/mol.